The molecule has 0 spiro atoms. The SMILES string of the molecule is O=C(Cc1nc2cccc(-c3ccoc3)n2n1)c1ccncc1. The number of hydrogen-bond acceptors (Lipinski definition) is 5. The Bertz CT molecular complexity index is 959. The lowest BCUT2D eigenvalue weighted by Crippen LogP contribution is -2.05. The largest absolute Gasteiger partial charge is 0.472 e. The number of pyridine rings is 2. The maximum atomic E-state index is 12.3. The summed E-state index contributed by atoms with van der Waals surface area (Å²) in [6, 6.07) is 10.9. The minimum atomic E-state index is -0.0341. The van der Waals surface area contributed by atoms with Gasteiger partial charge in [-0.05, 0) is 30.3 Å². The first kappa shape index (κ1) is 13.4. The van der Waals surface area contributed by atoms with E-state index in [2.05, 4.69) is 15.1 Å². The summed E-state index contributed by atoms with van der Waals surface area (Å²) in [5.41, 5.74) is 3.08. The molecule has 4 rings (SSSR count). The Labute approximate surface area is 131 Å². The number of aromatic nitrogens is 4. The minimum absolute atomic E-state index is 0.0341. The first-order valence-corrected chi connectivity index (χ1v) is 7.12. The fourth-order valence-electron chi connectivity index (χ4n) is 2.44. The van der Waals surface area contributed by atoms with Crippen molar-refractivity contribution in [1.29, 1.82) is 0 Å². The van der Waals surface area contributed by atoms with E-state index >= 15 is 0 Å². The second kappa shape index (κ2) is 5.49. The van der Waals surface area contributed by atoms with Crippen molar-refractivity contribution < 1.29 is 9.21 Å². The third-order valence-electron chi connectivity index (χ3n) is 3.54. The van der Waals surface area contributed by atoms with Gasteiger partial charge in [-0.3, -0.25) is 9.78 Å². The van der Waals surface area contributed by atoms with Crippen LogP contribution in [0.5, 0.6) is 0 Å². The molecule has 23 heavy (non-hydrogen) atoms. The molecule has 0 aliphatic heterocycles. The third-order valence-corrected chi connectivity index (χ3v) is 3.54. The summed E-state index contributed by atoms with van der Waals surface area (Å²) in [7, 11) is 0. The van der Waals surface area contributed by atoms with Crippen LogP contribution in [0.2, 0.25) is 0 Å². The third kappa shape index (κ3) is 2.50. The van der Waals surface area contributed by atoms with E-state index in [0.29, 0.717) is 17.0 Å². The Morgan fingerprint density at radius 1 is 1.13 bits per heavy atom. The van der Waals surface area contributed by atoms with E-state index in [-0.39, 0.29) is 12.2 Å². The summed E-state index contributed by atoms with van der Waals surface area (Å²) in [6.07, 6.45) is 6.61. The minimum Gasteiger partial charge on any atom is -0.472 e. The van der Waals surface area contributed by atoms with Gasteiger partial charge in [0.1, 0.15) is 0 Å². The highest BCUT2D eigenvalue weighted by atomic mass is 16.3. The Morgan fingerprint density at radius 3 is 2.78 bits per heavy atom. The molecule has 0 N–H and O–H groups in total. The molecule has 0 bridgehead atoms. The molecule has 0 saturated carbocycles. The predicted molar refractivity (Wildman–Crippen MR) is 83.0 cm³/mol. The van der Waals surface area contributed by atoms with Gasteiger partial charge in [-0.2, -0.15) is 5.10 Å². The molecule has 0 aliphatic rings. The van der Waals surface area contributed by atoms with Crippen LogP contribution in [-0.2, 0) is 6.42 Å². The summed E-state index contributed by atoms with van der Waals surface area (Å²) in [5, 5.41) is 4.46. The second-order valence-corrected chi connectivity index (χ2v) is 5.06. The molecule has 0 amide bonds. The van der Waals surface area contributed by atoms with Crippen LogP contribution in [0.3, 0.4) is 0 Å². The molecule has 0 radical (unpaired) electrons. The molecular formula is C17H12N4O2. The van der Waals surface area contributed by atoms with Gasteiger partial charge in [-0.25, -0.2) is 9.50 Å². The topological polar surface area (TPSA) is 73.3 Å². The van der Waals surface area contributed by atoms with Crippen molar-refractivity contribution in [3.63, 3.8) is 0 Å². The number of ketones is 1. The summed E-state index contributed by atoms with van der Waals surface area (Å²) in [5.74, 6) is 0.455. The molecule has 0 saturated heterocycles. The lowest BCUT2D eigenvalue weighted by atomic mass is 10.1. The molecule has 0 fully saturated rings. The number of carbonyl (C=O) groups is 1. The maximum Gasteiger partial charge on any atom is 0.170 e. The predicted octanol–water partition coefficient (Wildman–Crippen LogP) is 2.81. The molecule has 4 aromatic heterocycles. The number of nitrogens with zero attached hydrogens (tertiary/aromatic N) is 4. The summed E-state index contributed by atoms with van der Waals surface area (Å²) < 4.78 is 6.85. The van der Waals surface area contributed by atoms with E-state index in [0.717, 1.165) is 11.3 Å². The fourth-order valence-corrected chi connectivity index (χ4v) is 2.44. The quantitative estimate of drug-likeness (QED) is 0.542. The van der Waals surface area contributed by atoms with E-state index in [4.69, 9.17) is 4.42 Å². The molecule has 6 nitrogen and oxygen atoms in total. The van der Waals surface area contributed by atoms with Gasteiger partial charge in [0, 0.05) is 23.5 Å². The van der Waals surface area contributed by atoms with E-state index < -0.39 is 0 Å². The lowest BCUT2D eigenvalue weighted by molar-refractivity contribution is 0.0990. The molecule has 0 aromatic carbocycles. The van der Waals surface area contributed by atoms with Crippen LogP contribution < -0.4 is 0 Å². The lowest BCUT2D eigenvalue weighted by Gasteiger charge is -1.99. The van der Waals surface area contributed by atoms with Crippen molar-refractivity contribution >= 4 is 11.4 Å². The van der Waals surface area contributed by atoms with Gasteiger partial charge >= 0.3 is 0 Å². The highest BCUT2D eigenvalue weighted by Gasteiger charge is 2.13. The van der Waals surface area contributed by atoms with E-state index in [9.17, 15) is 4.79 Å². The van der Waals surface area contributed by atoms with E-state index in [1.807, 2.05) is 24.3 Å². The number of Topliss-reactive ketones (excluding diaryl/α,β-unsaturated/α-hetero) is 1. The zero-order valence-electron chi connectivity index (χ0n) is 12.1. The van der Waals surface area contributed by atoms with E-state index in [1.54, 1.807) is 41.6 Å². The van der Waals surface area contributed by atoms with Gasteiger partial charge in [0.2, 0.25) is 0 Å². The highest BCUT2D eigenvalue weighted by Crippen LogP contribution is 2.20. The van der Waals surface area contributed by atoms with Crippen LogP contribution in [0.1, 0.15) is 16.2 Å². The number of hydrogen-bond donors (Lipinski definition) is 0. The molecular weight excluding hydrogens is 292 g/mol. The van der Waals surface area contributed by atoms with Gasteiger partial charge in [0.05, 0.1) is 24.6 Å². The Morgan fingerprint density at radius 2 is 2.00 bits per heavy atom. The Hall–Kier alpha value is -3.28. The van der Waals surface area contributed by atoms with Crippen molar-refractivity contribution in [3.8, 4) is 11.3 Å². The van der Waals surface area contributed by atoms with Crippen LogP contribution in [0.4, 0.5) is 0 Å². The normalized spacial score (nSPS) is 11.0. The molecule has 112 valence electrons. The smallest absolute Gasteiger partial charge is 0.170 e. The summed E-state index contributed by atoms with van der Waals surface area (Å²) >= 11 is 0. The summed E-state index contributed by atoms with van der Waals surface area (Å²) in [4.78, 5) is 20.6. The van der Waals surface area contributed by atoms with Gasteiger partial charge in [0.25, 0.3) is 0 Å². The fraction of sp³-hybridized carbons (Fsp3) is 0.0588. The first-order valence-electron chi connectivity index (χ1n) is 7.12. The van der Waals surface area contributed by atoms with Crippen LogP contribution in [0.15, 0.2) is 65.7 Å². The molecule has 4 aromatic rings. The van der Waals surface area contributed by atoms with Crippen LogP contribution in [-0.4, -0.2) is 25.4 Å². The second-order valence-electron chi connectivity index (χ2n) is 5.06. The molecule has 4 heterocycles. The van der Waals surface area contributed by atoms with Gasteiger partial charge < -0.3 is 4.42 Å². The standard InChI is InChI=1S/C17H12N4O2/c22-15(12-4-7-18-8-5-12)10-16-19-17-3-1-2-14(21(17)20-16)13-6-9-23-11-13/h1-9,11H,10H2. The molecule has 0 unspecified atom stereocenters. The molecule has 0 aliphatic carbocycles. The zero-order chi connectivity index (χ0) is 15.6. The Kier molecular flexibility index (Phi) is 3.20. The number of carbonyl (C=O) groups excluding carboxylic acids is 1. The highest BCUT2D eigenvalue weighted by molar-refractivity contribution is 5.97. The Balaban J connectivity index is 1.70. The van der Waals surface area contributed by atoms with Gasteiger partial charge in [-0.15, -0.1) is 0 Å². The zero-order valence-corrected chi connectivity index (χ0v) is 12.1. The maximum absolute atomic E-state index is 12.3. The van der Waals surface area contributed by atoms with Crippen molar-refractivity contribution in [3.05, 3.63) is 72.7 Å². The van der Waals surface area contributed by atoms with Crippen molar-refractivity contribution in [2.24, 2.45) is 0 Å². The van der Waals surface area contributed by atoms with Crippen molar-refractivity contribution in [2.75, 3.05) is 0 Å². The van der Waals surface area contributed by atoms with Gasteiger partial charge in [-0.1, -0.05) is 6.07 Å². The molecule has 6 heteroatoms. The first-order chi connectivity index (χ1) is 11.3. The van der Waals surface area contributed by atoms with Gasteiger partial charge in [0.15, 0.2) is 17.3 Å². The van der Waals surface area contributed by atoms with Crippen molar-refractivity contribution in [2.45, 2.75) is 6.42 Å². The number of fused-ring (bicyclic) bond motifs is 1. The number of furan rings is 1. The van der Waals surface area contributed by atoms with E-state index in [1.165, 1.54) is 0 Å². The monoisotopic (exact) mass is 304 g/mol. The summed E-state index contributed by atoms with van der Waals surface area (Å²) in [6.45, 7) is 0. The van der Waals surface area contributed by atoms with Crippen LogP contribution >= 0.6 is 0 Å². The average molecular weight is 304 g/mol. The molecule has 0 atom stereocenters. The van der Waals surface area contributed by atoms with Crippen LogP contribution in [0.25, 0.3) is 16.9 Å². The average Bonchev–Trinajstić information content (AvgIpc) is 3.24. The number of rotatable bonds is 4. The van der Waals surface area contributed by atoms with Crippen molar-refractivity contribution in [1.82, 2.24) is 19.6 Å². The van der Waals surface area contributed by atoms with Crippen LogP contribution in [0, 0.1) is 0 Å².